The van der Waals surface area contributed by atoms with Crippen molar-refractivity contribution in [3.8, 4) is 5.75 Å². The van der Waals surface area contributed by atoms with E-state index in [1.54, 1.807) is 12.1 Å². The van der Waals surface area contributed by atoms with Gasteiger partial charge in [0.15, 0.2) is 0 Å². The van der Waals surface area contributed by atoms with Gasteiger partial charge in [0.05, 0.1) is 12.2 Å². The van der Waals surface area contributed by atoms with Gasteiger partial charge < -0.3 is 24.6 Å². The van der Waals surface area contributed by atoms with Gasteiger partial charge in [-0.3, -0.25) is 5.32 Å². The van der Waals surface area contributed by atoms with Gasteiger partial charge in [-0.15, -0.1) is 0 Å². The quantitative estimate of drug-likeness (QED) is 0.348. The van der Waals surface area contributed by atoms with Crippen LogP contribution in [0.4, 0.5) is 14.9 Å². The summed E-state index contributed by atoms with van der Waals surface area (Å²) < 4.78 is 28.2. The van der Waals surface area contributed by atoms with Gasteiger partial charge in [0.1, 0.15) is 30.9 Å². The molecule has 2 rings (SSSR count). The standard InChI is InChI=1S/C22H27FN2O6/c1-2-12-30-22(28)25-18-7-3-16(4-8-18)21(27)31-15-19(26)14-24-11-13-29-20-9-5-17(23)6-10-20/h3-10,19,24,26H,2,11-15H2,1H3,(H,25,28). The van der Waals surface area contributed by atoms with E-state index >= 15 is 0 Å². The molecule has 8 nitrogen and oxygen atoms in total. The Morgan fingerprint density at radius 3 is 2.42 bits per heavy atom. The largest absolute Gasteiger partial charge is 0.492 e. The lowest BCUT2D eigenvalue weighted by molar-refractivity contribution is 0.0258. The van der Waals surface area contributed by atoms with Crippen molar-refractivity contribution < 1.29 is 33.3 Å². The highest BCUT2D eigenvalue weighted by molar-refractivity contribution is 5.91. The molecule has 31 heavy (non-hydrogen) atoms. The lowest BCUT2D eigenvalue weighted by Crippen LogP contribution is -2.33. The molecule has 168 valence electrons. The van der Waals surface area contributed by atoms with Crippen LogP contribution in [0.5, 0.6) is 5.75 Å². The minimum Gasteiger partial charge on any atom is -0.492 e. The molecule has 0 aromatic heterocycles. The first kappa shape index (κ1) is 24.1. The van der Waals surface area contributed by atoms with Crippen LogP contribution in [0.3, 0.4) is 0 Å². The third kappa shape index (κ3) is 9.45. The molecule has 2 aromatic rings. The molecular formula is C22H27FN2O6. The number of rotatable bonds is 12. The molecule has 1 atom stereocenters. The third-order valence-electron chi connectivity index (χ3n) is 3.95. The Labute approximate surface area is 180 Å². The lowest BCUT2D eigenvalue weighted by atomic mass is 10.2. The van der Waals surface area contributed by atoms with E-state index in [-0.39, 0.29) is 19.0 Å². The van der Waals surface area contributed by atoms with Gasteiger partial charge in [-0.1, -0.05) is 6.92 Å². The second-order valence-corrected chi connectivity index (χ2v) is 6.60. The molecule has 9 heteroatoms. The molecule has 0 fully saturated rings. The molecule has 0 aliphatic carbocycles. The Morgan fingerprint density at radius 2 is 1.74 bits per heavy atom. The van der Waals surface area contributed by atoms with Gasteiger partial charge >= 0.3 is 12.1 Å². The number of aliphatic hydroxyl groups is 1. The van der Waals surface area contributed by atoms with E-state index in [4.69, 9.17) is 14.2 Å². The number of nitrogens with one attached hydrogen (secondary N) is 2. The first-order chi connectivity index (χ1) is 15.0. The number of hydrogen-bond donors (Lipinski definition) is 3. The van der Waals surface area contributed by atoms with Crippen molar-refractivity contribution in [3.63, 3.8) is 0 Å². The molecule has 1 unspecified atom stereocenters. The highest BCUT2D eigenvalue weighted by Crippen LogP contribution is 2.12. The fourth-order valence-corrected chi connectivity index (χ4v) is 2.39. The average molecular weight is 434 g/mol. The van der Waals surface area contributed by atoms with E-state index in [0.717, 1.165) is 6.42 Å². The molecule has 2 aromatic carbocycles. The number of anilines is 1. The number of carbonyl (C=O) groups excluding carboxylic acids is 2. The summed E-state index contributed by atoms with van der Waals surface area (Å²) in [5.74, 6) is -0.363. The number of halogens is 1. The molecule has 0 spiro atoms. The van der Waals surface area contributed by atoms with E-state index in [1.165, 1.54) is 36.4 Å². The van der Waals surface area contributed by atoms with E-state index in [9.17, 15) is 19.1 Å². The minimum absolute atomic E-state index is 0.173. The Balaban J connectivity index is 1.61. The van der Waals surface area contributed by atoms with Gasteiger partial charge in [-0.25, -0.2) is 14.0 Å². The van der Waals surface area contributed by atoms with Gasteiger partial charge in [0, 0.05) is 18.8 Å². The maximum Gasteiger partial charge on any atom is 0.411 e. The zero-order valence-electron chi connectivity index (χ0n) is 17.3. The van der Waals surface area contributed by atoms with E-state index in [2.05, 4.69) is 10.6 Å². The zero-order chi connectivity index (χ0) is 22.5. The van der Waals surface area contributed by atoms with Crippen LogP contribution in [0.15, 0.2) is 48.5 Å². The third-order valence-corrected chi connectivity index (χ3v) is 3.95. The fraction of sp³-hybridized carbons (Fsp3) is 0.364. The molecule has 0 radical (unpaired) electrons. The molecule has 0 saturated carbocycles. The number of benzene rings is 2. The number of hydrogen-bond acceptors (Lipinski definition) is 7. The predicted molar refractivity (Wildman–Crippen MR) is 113 cm³/mol. The summed E-state index contributed by atoms with van der Waals surface area (Å²) >= 11 is 0. The smallest absolute Gasteiger partial charge is 0.411 e. The van der Waals surface area contributed by atoms with E-state index in [1.807, 2.05) is 6.92 Å². The molecule has 0 heterocycles. The van der Waals surface area contributed by atoms with Crippen LogP contribution >= 0.6 is 0 Å². The molecular weight excluding hydrogens is 407 g/mol. The molecule has 0 aliphatic heterocycles. The van der Waals surface area contributed by atoms with Crippen LogP contribution in [0.1, 0.15) is 23.7 Å². The SMILES string of the molecule is CCCOC(=O)Nc1ccc(C(=O)OCC(O)CNCCOc2ccc(F)cc2)cc1. The molecule has 0 aliphatic rings. The minimum atomic E-state index is -0.885. The maximum atomic E-state index is 12.8. The van der Waals surface area contributed by atoms with Crippen molar-refractivity contribution in [1.29, 1.82) is 0 Å². The number of ether oxygens (including phenoxy) is 3. The summed E-state index contributed by atoms with van der Waals surface area (Å²) in [4.78, 5) is 23.6. The van der Waals surface area contributed by atoms with Crippen LogP contribution in [0.2, 0.25) is 0 Å². The van der Waals surface area contributed by atoms with Crippen molar-refractivity contribution in [2.24, 2.45) is 0 Å². The first-order valence-corrected chi connectivity index (χ1v) is 9.96. The van der Waals surface area contributed by atoms with Gasteiger partial charge in [0.2, 0.25) is 0 Å². The van der Waals surface area contributed by atoms with Crippen LogP contribution < -0.4 is 15.4 Å². The Bertz CT molecular complexity index is 814. The summed E-state index contributed by atoms with van der Waals surface area (Å²) in [5, 5.41) is 15.5. The Kier molecular flexibility index (Phi) is 10.3. The Morgan fingerprint density at radius 1 is 1.03 bits per heavy atom. The number of carbonyl (C=O) groups is 2. The fourth-order valence-electron chi connectivity index (χ4n) is 2.39. The van der Waals surface area contributed by atoms with Crippen molar-refractivity contribution in [1.82, 2.24) is 5.32 Å². The van der Waals surface area contributed by atoms with E-state index < -0.39 is 18.2 Å². The summed E-state index contributed by atoms with van der Waals surface area (Å²) in [6, 6.07) is 11.8. The first-order valence-electron chi connectivity index (χ1n) is 9.96. The Hall–Kier alpha value is -3.17. The normalized spacial score (nSPS) is 11.5. The van der Waals surface area contributed by atoms with E-state index in [0.29, 0.717) is 36.8 Å². The number of amides is 1. The van der Waals surface area contributed by atoms with Crippen molar-refractivity contribution >= 4 is 17.7 Å². The summed E-state index contributed by atoms with van der Waals surface area (Å²) in [6.07, 6.45) is -0.719. The second kappa shape index (κ2) is 13.2. The predicted octanol–water partition coefficient (Wildman–Crippen LogP) is 2.97. The number of esters is 1. The topological polar surface area (TPSA) is 106 Å². The van der Waals surface area contributed by atoms with Gasteiger partial charge in [-0.05, 0) is 55.0 Å². The summed E-state index contributed by atoms with van der Waals surface area (Å²) in [6.45, 7) is 3.05. The van der Waals surface area contributed by atoms with Gasteiger partial charge in [-0.2, -0.15) is 0 Å². The van der Waals surface area contributed by atoms with Crippen LogP contribution in [-0.4, -0.2) is 56.2 Å². The van der Waals surface area contributed by atoms with Crippen LogP contribution in [-0.2, 0) is 9.47 Å². The zero-order valence-corrected chi connectivity index (χ0v) is 17.3. The number of aliphatic hydroxyl groups excluding tert-OH is 1. The summed E-state index contributed by atoms with van der Waals surface area (Å²) in [7, 11) is 0. The van der Waals surface area contributed by atoms with Crippen molar-refractivity contribution in [3.05, 3.63) is 59.9 Å². The van der Waals surface area contributed by atoms with Crippen LogP contribution in [0, 0.1) is 5.82 Å². The summed E-state index contributed by atoms with van der Waals surface area (Å²) in [5.41, 5.74) is 0.782. The molecule has 3 N–H and O–H groups in total. The molecule has 1 amide bonds. The highest BCUT2D eigenvalue weighted by Gasteiger charge is 2.11. The second-order valence-electron chi connectivity index (χ2n) is 6.60. The molecule has 0 bridgehead atoms. The lowest BCUT2D eigenvalue weighted by Gasteiger charge is -2.13. The monoisotopic (exact) mass is 434 g/mol. The highest BCUT2D eigenvalue weighted by atomic mass is 19.1. The molecule has 0 saturated heterocycles. The van der Waals surface area contributed by atoms with Crippen molar-refractivity contribution in [2.75, 3.05) is 38.2 Å². The maximum absolute atomic E-state index is 12.8. The van der Waals surface area contributed by atoms with Crippen LogP contribution in [0.25, 0.3) is 0 Å². The van der Waals surface area contributed by atoms with Crippen molar-refractivity contribution in [2.45, 2.75) is 19.4 Å². The van der Waals surface area contributed by atoms with Gasteiger partial charge in [0.25, 0.3) is 0 Å². The average Bonchev–Trinajstić information content (AvgIpc) is 2.77.